The third-order valence-electron chi connectivity index (χ3n) is 4.40. The first kappa shape index (κ1) is 15.8. The quantitative estimate of drug-likeness (QED) is 0.895. The molecule has 1 aromatic rings. The Kier molecular flexibility index (Phi) is 5.23. The van der Waals surface area contributed by atoms with Gasteiger partial charge in [0.15, 0.2) is 0 Å². The number of amides is 2. The molecule has 1 aromatic carbocycles. The third-order valence-corrected chi connectivity index (χ3v) is 4.40. The number of benzene rings is 1. The predicted octanol–water partition coefficient (Wildman–Crippen LogP) is 2.61. The van der Waals surface area contributed by atoms with Crippen LogP contribution in [0.3, 0.4) is 0 Å². The first-order chi connectivity index (χ1) is 9.97. The molecule has 1 aliphatic carbocycles. The molecule has 0 saturated heterocycles. The first-order valence-corrected chi connectivity index (χ1v) is 7.70. The summed E-state index contributed by atoms with van der Waals surface area (Å²) in [6.45, 7) is 5.30. The SMILES string of the molecule is Cc1ccc(CNC(=O)N(C)CC2CCCC2O)c(C)c1. The van der Waals surface area contributed by atoms with E-state index in [0.29, 0.717) is 13.1 Å². The largest absolute Gasteiger partial charge is 0.393 e. The molecule has 0 radical (unpaired) electrons. The molecule has 0 bridgehead atoms. The van der Waals surface area contributed by atoms with E-state index in [1.165, 1.54) is 11.1 Å². The zero-order valence-electron chi connectivity index (χ0n) is 13.2. The highest BCUT2D eigenvalue weighted by molar-refractivity contribution is 5.73. The highest BCUT2D eigenvalue weighted by atomic mass is 16.3. The predicted molar refractivity (Wildman–Crippen MR) is 84.1 cm³/mol. The summed E-state index contributed by atoms with van der Waals surface area (Å²) in [6.07, 6.45) is 2.68. The van der Waals surface area contributed by atoms with Crippen LogP contribution in [-0.4, -0.2) is 35.7 Å². The number of nitrogens with zero attached hydrogens (tertiary/aromatic N) is 1. The molecule has 2 rings (SSSR count). The van der Waals surface area contributed by atoms with Crippen LogP contribution >= 0.6 is 0 Å². The van der Waals surface area contributed by atoms with Gasteiger partial charge in [-0.3, -0.25) is 0 Å². The van der Waals surface area contributed by atoms with Gasteiger partial charge in [0.05, 0.1) is 6.10 Å². The Hall–Kier alpha value is -1.55. The fourth-order valence-electron chi connectivity index (χ4n) is 3.01. The smallest absolute Gasteiger partial charge is 0.317 e. The van der Waals surface area contributed by atoms with E-state index in [0.717, 1.165) is 24.8 Å². The lowest BCUT2D eigenvalue weighted by Crippen LogP contribution is -2.40. The Labute approximate surface area is 127 Å². The minimum Gasteiger partial charge on any atom is -0.393 e. The highest BCUT2D eigenvalue weighted by Gasteiger charge is 2.27. The van der Waals surface area contributed by atoms with Crippen molar-refractivity contribution in [2.75, 3.05) is 13.6 Å². The summed E-state index contributed by atoms with van der Waals surface area (Å²) in [5.74, 6) is 0.224. The molecular formula is C17H26N2O2. The molecule has 1 fully saturated rings. The van der Waals surface area contributed by atoms with Crippen molar-refractivity contribution in [3.8, 4) is 0 Å². The van der Waals surface area contributed by atoms with Crippen molar-refractivity contribution in [1.82, 2.24) is 10.2 Å². The summed E-state index contributed by atoms with van der Waals surface area (Å²) in [7, 11) is 1.79. The molecule has 116 valence electrons. The van der Waals surface area contributed by atoms with E-state index in [4.69, 9.17) is 0 Å². The number of rotatable bonds is 4. The van der Waals surface area contributed by atoms with Crippen molar-refractivity contribution >= 4 is 6.03 Å². The Morgan fingerprint density at radius 2 is 2.14 bits per heavy atom. The summed E-state index contributed by atoms with van der Waals surface area (Å²) >= 11 is 0. The Balaban J connectivity index is 1.83. The zero-order chi connectivity index (χ0) is 15.4. The molecular weight excluding hydrogens is 264 g/mol. The average Bonchev–Trinajstić information content (AvgIpc) is 2.83. The van der Waals surface area contributed by atoms with Crippen LogP contribution in [0.4, 0.5) is 4.79 Å². The number of aliphatic hydroxyl groups is 1. The van der Waals surface area contributed by atoms with Crippen molar-refractivity contribution in [2.24, 2.45) is 5.92 Å². The molecule has 0 spiro atoms. The maximum Gasteiger partial charge on any atom is 0.317 e. The van der Waals surface area contributed by atoms with Gasteiger partial charge in [0, 0.05) is 26.1 Å². The second-order valence-electron chi connectivity index (χ2n) is 6.23. The molecule has 2 amide bonds. The maximum absolute atomic E-state index is 12.1. The van der Waals surface area contributed by atoms with Crippen molar-refractivity contribution in [1.29, 1.82) is 0 Å². The number of carbonyl (C=O) groups is 1. The number of nitrogens with one attached hydrogen (secondary N) is 1. The minimum atomic E-state index is -0.250. The molecule has 0 aliphatic heterocycles. The van der Waals surface area contributed by atoms with Crippen molar-refractivity contribution in [3.05, 3.63) is 34.9 Å². The maximum atomic E-state index is 12.1. The average molecular weight is 290 g/mol. The summed E-state index contributed by atoms with van der Waals surface area (Å²) in [5, 5.41) is 12.8. The minimum absolute atomic E-state index is 0.0749. The third kappa shape index (κ3) is 4.21. The van der Waals surface area contributed by atoms with Crippen LogP contribution in [0.1, 0.15) is 36.0 Å². The number of aliphatic hydroxyl groups excluding tert-OH is 1. The number of aryl methyl sites for hydroxylation is 2. The van der Waals surface area contributed by atoms with Crippen LogP contribution in [0.2, 0.25) is 0 Å². The normalized spacial score (nSPS) is 21.3. The van der Waals surface area contributed by atoms with Crippen LogP contribution in [0, 0.1) is 19.8 Å². The molecule has 2 atom stereocenters. The molecule has 21 heavy (non-hydrogen) atoms. The molecule has 1 saturated carbocycles. The fourth-order valence-corrected chi connectivity index (χ4v) is 3.01. The Morgan fingerprint density at radius 1 is 1.38 bits per heavy atom. The van der Waals surface area contributed by atoms with Gasteiger partial charge in [0.25, 0.3) is 0 Å². The van der Waals surface area contributed by atoms with Crippen LogP contribution in [0.25, 0.3) is 0 Å². The van der Waals surface area contributed by atoms with E-state index in [1.54, 1.807) is 11.9 Å². The molecule has 4 heteroatoms. The molecule has 1 aliphatic rings. The van der Waals surface area contributed by atoms with Gasteiger partial charge in [-0.25, -0.2) is 4.79 Å². The second kappa shape index (κ2) is 6.94. The number of carbonyl (C=O) groups excluding carboxylic acids is 1. The van der Waals surface area contributed by atoms with E-state index in [9.17, 15) is 9.90 Å². The van der Waals surface area contributed by atoms with Gasteiger partial charge in [-0.15, -0.1) is 0 Å². The summed E-state index contributed by atoms with van der Waals surface area (Å²) in [6, 6.07) is 6.17. The van der Waals surface area contributed by atoms with Gasteiger partial charge in [-0.1, -0.05) is 30.2 Å². The van der Waals surface area contributed by atoms with Crippen LogP contribution in [0.5, 0.6) is 0 Å². The van der Waals surface area contributed by atoms with Gasteiger partial charge in [-0.05, 0) is 37.8 Å². The number of urea groups is 1. The number of hydrogen-bond donors (Lipinski definition) is 2. The lowest BCUT2D eigenvalue weighted by molar-refractivity contribution is 0.114. The summed E-state index contributed by atoms with van der Waals surface area (Å²) in [4.78, 5) is 13.8. The van der Waals surface area contributed by atoms with Gasteiger partial charge < -0.3 is 15.3 Å². The van der Waals surface area contributed by atoms with E-state index >= 15 is 0 Å². The van der Waals surface area contributed by atoms with E-state index in [-0.39, 0.29) is 18.1 Å². The second-order valence-corrected chi connectivity index (χ2v) is 6.23. The van der Waals surface area contributed by atoms with E-state index in [1.807, 2.05) is 0 Å². The van der Waals surface area contributed by atoms with Crippen molar-refractivity contribution in [3.63, 3.8) is 0 Å². The highest BCUT2D eigenvalue weighted by Crippen LogP contribution is 2.25. The summed E-state index contributed by atoms with van der Waals surface area (Å²) in [5.41, 5.74) is 3.57. The number of hydrogen-bond acceptors (Lipinski definition) is 2. The Bertz CT molecular complexity index is 502. The lowest BCUT2D eigenvalue weighted by Gasteiger charge is -2.23. The van der Waals surface area contributed by atoms with Gasteiger partial charge in [0.1, 0.15) is 0 Å². The fraction of sp³-hybridized carbons (Fsp3) is 0.588. The molecule has 0 heterocycles. The van der Waals surface area contributed by atoms with Crippen LogP contribution in [-0.2, 0) is 6.54 Å². The molecule has 0 aromatic heterocycles. The van der Waals surface area contributed by atoms with Gasteiger partial charge >= 0.3 is 6.03 Å². The summed E-state index contributed by atoms with van der Waals surface area (Å²) < 4.78 is 0. The molecule has 4 nitrogen and oxygen atoms in total. The molecule has 2 N–H and O–H groups in total. The standard InChI is InChI=1S/C17H26N2O2/c1-12-7-8-14(13(2)9-12)10-18-17(21)19(3)11-15-5-4-6-16(15)20/h7-9,15-16,20H,4-6,10-11H2,1-3H3,(H,18,21). The van der Waals surface area contributed by atoms with Gasteiger partial charge in [-0.2, -0.15) is 0 Å². The zero-order valence-corrected chi connectivity index (χ0v) is 13.2. The Morgan fingerprint density at radius 3 is 2.76 bits per heavy atom. The lowest BCUT2D eigenvalue weighted by atomic mass is 10.1. The van der Waals surface area contributed by atoms with Crippen molar-refractivity contribution < 1.29 is 9.90 Å². The van der Waals surface area contributed by atoms with E-state index < -0.39 is 0 Å². The van der Waals surface area contributed by atoms with Crippen molar-refractivity contribution in [2.45, 2.75) is 45.8 Å². The van der Waals surface area contributed by atoms with E-state index in [2.05, 4.69) is 37.4 Å². The topological polar surface area (TPSA) is 52.6 Å². The first-order valence-electron chi connectivity index (χ1n) is 7.70. The monoisotopic (exact) mass is 290 g/mol. The van der Waals surface area contributed by atoms with Gasteiger partial charge in [0.2, 0.25) is 0 Å². The van der Waals surface area contributed by atoms with Crippen LogP contribution < -0.4 is 5.32 Å². The molecule has 2 unspecified atom stereocenters. The van der Waals surface area contributed by atoms with Crippen LogP contribution in [0.15, 0.2) is 18.2 Å².